The van der Waals surface area contributed by atoms with Crippen LogP contribution in [0.3, 0.4) is 0 Å². The molecule has 4 rings (SSSR count). The van der Waals surface area contributed by atoms with Gasteiger partial charge in [-0.2, -0.15) is 0 Å². The van der Waals surface area contributed by atoms with Crippen LogP contribution in [-0.4, -0.2) is 72.9 Å². The molecule has 17 heteroatoms. The Kier molecular flexibility index (Phi) is 29.3. The van der Waals surface area contributed by atoms with Crippen molar-refractivity contribution in [2.24, 2.45) is 11.5 Å². The molecular weight excluding hydrogens is 663 g/mol. The van der Waals surface area contributed by atoms with Crippen LogP contribution < -0.4 is 31.5 Å². The van der Waals surface area contributed by atoms with Crippen molar-refractivity contribution in [2.45, 2.75) is 0 Å². The number of benzene rings is 2. The van der Waals surface area contributed by atoms with Crippen molar-refractivity contribution in [3.63, 3.8) is 0 Å². The van der Waals surface area contributed by atoms with E-state index < -0.39 is 23.8 Å². The molecule has 0 atom stereocenters. The number of carbonyl (C=O) groups excluding carboxylic acids is 4. The molecule has 2 aromatic carbocycles. The van der Waals surface area contributed by atoms with E-state index in [0.717, 1.165) is 11.4 Å². The molecule has 0 spiro atoms. The van der Waals surface area contributed by atoms with Gasteiger partial charge in [0.1, 0.15) is 0 Å². The number of pyridine rings is 2. The molecule has 0 aliphatic rings. The molecule has 0 bridgehead atoms. The predicted molar refractivity (Wildman–Crippen MR) is 173 cm³/mol. The summed E-state index contributed by atoms with van der Waals surface area (Å²) in [5, 5.41) is 20.7. The molecule has 0 unspecified atom stereocenters. The maximum atomic E-state index is 10.4. The maximum Gasteiger partial charge on any atom is 2.00 e. The number of aromatic carboxylic acids is 2. The second-order valence-corrected chi connectivity index (χ2v) is 8.67. The number of carboxylic acids is 2. The van der Waals surface area contributed by atoms with Crippen LogP contribution in [0.15, 0.2) is 97.6 Å². The van der Waals surface area contributed by atoms with Gasteiger partial charge in [-0.05, 0) is 59.7 Å². The Balaban J connectivity index is -0.000000162. The van der Waals surface area contributed by atoms with Gasteiger partial charge in [0, 0.05) is 64.4 Å². The number of carboxylic acid groups (broad SMARTS) is 2. The molecule has 0 saturated heterocycles. The number of hydrogen-bond donors (Lipinski definition) is 2. The van der Waals surface area contributed by atoms with E-state index in [-0.39, 0.29) is 49.8 Å². The van der Waals surface area contributed by atoms with Crippen molar-refractivity contribution in [3.8, 4) is 0 Å². The summed E-state index contributed by atoms with van der Waals surface area (Å²) in [7, 11) is 7.59. The Labute approximate surface area is 282 Å². The van der Waals surface area contributed by atoms with E-state index in [1.54, 1.807) is 60.9 Å². The molecule has 259 valence electrons. The predicted octanol–water partition coefficient (Wildman–Crippen LogP) is -2.90. The number of carbonyl (C=O) groups is 4. The second kappa shape index (κ2) is 26.9. The molecule has 1 radical (unpaired) electrons. The SMILES string of the molecule is CN(C)c1ccc(C(=O)[O-])cc1.CN(C)c1ccc(C(=O)[O-])cc1.NC(=O)c1cccnc1.NC(=O)c1cccnc1.O.O.[Co+2].[OH3+].[OH3+]. The minimum absolute atomic E-state index is 0. The van der Waals surface area contributed by atoms with Crippen molar-refractivity contribution >= 4 is 35.1 Å². The fourth-order valence-corrected chi connectivity index (χ4v) is 2.81. The monoisotopic (exact) mass is 705 g/mol. The number of aromatic nitrogens is 2. The van der Waals surface area contributed by atoms with Crippen LogP contribution >= 0.6 is 0 Å². The third-order valence-corrected chi connectivity index (χ3v) is 5.13. The summed E-state index contributed by atoms with van der Waals surface area (Å²) >= 11 is 0. The first-order valence-corrected chi connectivity index (χ1v) is 12.2. The summed E-state index contributed by atoms with van der Waals surface area (Å²) in [4.78, 5) is 52.7. The first-order chi connectivity index (χ1) is 19.8. The van der Waals surface area contributed by atoms with Crippen LogP contribution in [0.4, 0.5) is 11.4 Å². The van der Waals surface area contributed by atoms with Crippen LogP contribution in [0.2, 0.25) is 0 Å². The summed E-state index contributed by atoms with van der Waals surface area (Å²) in [5.41, 5.74) is 13.1. The third kappa shape index (κ3) is 20.3. The number of primary amides is 2. The van der Waals surface area contributed by atoms with Crippen molar-refractivity contribution in [3.05, 3.63) is 120 Å². The van der Waals surface area contributed by atoms with Gasteiger partial charge in [0.05, 0.1) is 23.1 Å². The largest absolute Gasteiger partial charge is 2.00 e. The number of rotatable bonds is 6. The average molecular weight is 706 g/mol. The van der Waals surface area contributed by atoms with E-state index in [9.17, 15) is 29.4 Å². The van der Waals surface area contributed by atoms with Crippen LogP contribution in [0, 0.1) is 0 Å². The van der Waals surface area contributed by atoms with Crippen LogP contribution in [-0.2, 0) is 27.7 Å². The molecular formula is C30H42CoN6O10+2. The van der Waals surface area contributed by atoms with Crippen LogP contribution in [0.1, 0.15) is 41.4 Å². The van der Waals surface area contributed by atoms with E-state index in [1.165, 1.54) is 36.7 Å². The molecule has 0 aliphatic carbocycles. The summed E-state index contributed by atoms with van der Waals surface area (Å²) in [6.45, 7) is 0. The Morgan fingerprint density at radius 1 is 0.553 bits per heavy atom. The molecule has 4 aromatic rings. The standard InChI is InChI=1S/2C9H11NO2.2C6H6N2O.Co.4H2O/c2*1-10(2)8-5-3-7(4-6-8)9(11)12;2*7-6(9)5-2-1-3-8-4-5;;;;;/h2*3-6H,1-2H3,(H,11,12);2*1-4H,(H2,7,9);;4*1H2/q;;;;+2;;;;. The number of hydrogen-bond acceptors (Lipinski definition) is 10. The molecule has 16 nitrogen and oxygen atoms in total. The fourth-order valence-electron chi connectivity index (χ4n) is 2.81. The molecule has 47 heavy (non-hydrogen) atoms. The van der Waals surface area contributed by atoms with Crippen LogP contribution in [0.25, 0.3) is 0 Å². The zero-order valence-corrected chi connectivity index (χ0v) is 27.2. The molecule has 0 saturated carbocycles. The van der Waals surface area contributed by atoms with Crippen molar-refractivity contribution in [1.29, 1.82) is 0 Å². The van der Waals surface area contributed by atoms with E-state index in [0.29, 0.717) is 11.1 Å². The normalized spacial score (nSPS) is 8.26. The zero-order valence-electron chi connectivity index (χ0n) is 26.1. The fraction of sp³-hybridized carbons (Fsp3) is 0.133. The first kappa shape index (κ1) is 51.2. The van der Waals surface area contributed by atoms with Gasteiger partial charge in [0.2, 0.25) is 11.8 Å². The van der Waals surface area contributed by atoms with Gasteiger partial charge in [-0.1, -0.05) is 24.3 Å². The zero-order chi connectivity index (χ0) is 31.7. The van der Waals surface area contributed by atoms with Crippen LogP contribution in [0.5, 0.6) is 0 Å². The second-order valence-electron chi connectivity index (χ2n) is 8.67. The van der Waals surface area contributed by atoms with Gasteiger partial charge < -0.3 is 63.0 Å². The summed E-state index contributed by atoms with van der Waals surface area (Å²) in [5.74, 6) is -3.16. The average Bonchev–Trinajstić information content (AvgIpc) is 2.99. The van der Waals surface area contributed by atoms with E-state index >= 15 is 0 Å². The van der Waals surface area contributed by atoms with E-state index in [1.807, 2.05) is 38.0 Å². The van der Waals surface area contributed by atoms with Gasteiger partial charge >= 0.3 is 16.8 Å². The van der Waals surface area contributed by atoms with Gasteiger partial charge in [-0.25, -0.2) is 0 Å². The Bertz CT molecular complexity index is 1320. The number of amides is 2. The van der Waals surface area contributed by atoms with E-state index in [4.69, 9.17) is 11.5 Å². The Morgan fingerprint density at radius 3 is 0.979 bits per heavy atom. The minimum atomic E-state index is -1.14. The van der Waals surface area contributed by atoms with Gasteiger partial charge in [0.25, 0.3) is 0 Å². The molecule has 0 fully saturated rings. The van der Waals surface area contributed by atoms with E-state index in [2.05, 4.69) is 9.97 Å². The molecule has 2 aromatic heterocycles. The Morgan fingerprint density at radius 2 is 0.830 bits per heavy atom. The van der Waals surface area contributed by atoms with Gasteiger partial charge in [0.15, 0.2) is 0 Å². The number of anilines is 2. The van der Waals surface area contributed by atoms with Crippen molar-refractivity contribution < 1.29 is 68.1 Å². The maximum absolute atomic E-state index is 10.4. The Hall–Kier alpha value is -5.43. The summed E-state index contributed by atoms with van der Waals surface area (Å²) in [6.07, 6.45) is 6.05. The third-order valence-electron chi connectivity index (χ3n) is 5.13. The number of nitrogens with two attached hydrogens (primary N) is 2. The first-order valence-electron chi connectivity index (χ1n) is 12.2. The minimum Gasteiger partial charge on any atom is -0.545 e. The molecule has 0 aliphatic heterocycles. The molecule has 14 N–H and O–H groups in total. The van der Waals surface area contributed by atoms with Crippen molar-refractivity contribution in [2.75, 3.05) is 38.0 Å². The molecule has 2 amide bonds. The smallest absolute Gasteiger partial charge is 0.545 e. The molecule has 2 heterocycles. The topological polar surface area (TPSA) is 328 Å². The number of nitrogens with zero attached hydrogens (tertiary/aromatic N) is 4. The summed E-state index contributed by atoms with van der Waals surface area (Å²) < 4.78 is 0. The van der Waals surface area contributed by atoms with Gasteiger partial charge in [-0.15, -0.1) is 0 Å². The quantitative estimate of drug-likeness (QED) is 0.193. The summed E-state index contributed by atoms with van der Waals surface area (Å²) in [6, 6.07) is 19.7. The van der Waals surface area contributed by atoms with Crippen molar-refractivity contribution in [1.82, 2.24) is 9.97 Å². The van der Waals surface area contributed by atoms with Gasteiger partial charge in [-0.3, -0.25) is 19.6 Å².